The van der Waals surface area contributed by atoms with Crippen LogP contribution in [0.2, 0.25) is 0 Å². The van der Waals surface area contributed by atoms with Gasteiger partial charge in [-0.2, -0.15) is 0 Å². The predicted octanol–water partition coefficient (Wildman–Crippen LogP) is 3.65. The average Bonchev–Trinajstić information content (AvgIpc) is 2.50. The van der Waals surface area contributed by atoms with Gasteiger partial charge < -0.3 is 10.1 Å². The van der Waals surface area contributed by atoms with Gasteiger partial charge in [0.05, 0.1) is 7.11 Å². The topological polar surface area (TPSA) is 38.3 Å². The molecule has 0 aliphatic rings. The molecule has 0 fully saturated rings. The van der Waals surface area contributed by atoms with Crippen LogP contribution >= 0.6 is 0 Å². The summed E-state index contributed by atoms with van der Waals surface area (Å²) in [6, 6.07) is 12.2. The minimum absolute atomic E-state index is 0.127. The molecule has 0 aliphatic carbocycles. The van der Waals surface area contributed by atoms with Crippen molar-refractivity contribution < 1.29 is 9.53 Å². The zero-order valence-corrected chi connectivity index (χ0v) is 12.1. The van der Waals surface area contributed by atoms with Crippen molar-refractivity contribution in [3.63, 3.8) is 0 Å². The van der Waals surface area contributed by atoms with E-state index in [9.17, 15) is 4.79 Å². The molecule has 0 saturated carbocycles. The first-order chi connectivity index (χ1) is 9.72. The Balaban J connectivity index is 2.03. The summed E-state index contributed by atoms with van der Waals surface area (Å²) in [6.07, 6.45) is 2.61. The molecule has 0 spiro atoms. The van der Waals surface area contributed by atoms with Gasteiger partial charge in [-0.3, -0.25) is 4.79 Å². The molecule has 1 amide bonds. The molecule has 3 nitrogen and oxygen atoms in total. The molecule has 106 valence electrons. The average molecular weight is 271 g/mol. The summed E-state index contributed by atoms with van der Waals surface area (Å²) >= 11 is 0. The maximum atomic E-state index is 11.6. The number of hydrogen-bond donors (Lipinski definition) is 1. The maximum Gasteiger partial charge on any atom is 0.220 e. The van der Waals surface area contributed by atoms with Gasteiger partial charge in [0.15, 0.2) is 0 Å². The van der Waals surface area contributed by atoms with Crippen LogP contribution in [0.3, 0.4) is 0 Å². The van der Waals surface area contributed by atoms with Gasteiger partial charge >= 0.3 is 0 Å². The molecule has 0 atom stereocenters. The summed E-state index contributed by atoms with van der Waals surface area (Å²) in [6.45, 7) is 2.68. The van der Waals surface area contributed by atoms with Crippen molar-refractivity contribution in [3.05, 3.63) is 42.0 Å². The quantitative estimate of drug-likeness (QED) is 0.870. The van der Waals surface area contributed by atoms with Gasteiger partial charge in [-0.05, 0) is 41.0 Å². The fourth-order valence-corrected chi connectivity index (χ4v) is 2.14. The van der Waals surface area contributed by atoms with Crippen molar-refractivity contribution in [1.29, 1.82) is 0 Å². The second kappa shape index (κ2) is 6.94. The minimum Gasteiger partial charge on any atom is -0.497 e. The molecule has 2 aromatic rings. The fourth-order valence-electron chi connectivity index (χ4n) is 2.14. The Morgan fingerprint density at radius 1 is 1.15 bits per heavy atom. The first-order valence-electron chi connectivity index (χ1n) is 7.06. The van der Waals surface area contributed by atoms with E-state index in [0.29, 0.717) is 13.0 Å². The number of benzene rings is 2. The fraction of sp³-hybridized carbons (Fsp3) is 0.353. The molecule has 0 unspecified atom stereocenters. The Morgan fingerprint density at radius 2 is 1.90 bits per heavy atom. The van der Waals surface area contributed by atoms with E-state index in [1.54, 1.807) is 7.11 Å². The normalized spacial score (nSPS) is 10.5. The van der Waals surface area contributed by atoms with Crippen molar-refractivity contribution in [2.45, 2.75) is 32.7 Å². The first kappa shape index (κ1) is 14.4. The molecular formula is C17H21NO2. The molecule has 0 aromatic heterocycles. The smallest absolute Gasteiger partial charge is 0.220 e. The van der Waals surface area contributed by atoms with E-state index in [0.717, 1.165) is 34.9 Å². The molecule has 0 aliphatic heterocycles. The number of carbonyl (C=O) groups excluding carboxylic acids is 1. The first-order valence-corrected chi connectivity index (χ1v) is 7.06. The van der Waals surface area contributed by atoms with E-state index < -0.39 is 0 Å². The van der Waals surface area contributed by atoms with Crippen LogP contribution < -0.4 is 10.1 Å². The van der Waals surface area contributed by atoms with E-state index in [4.69, 9.17) is 4.74 Å². The summed E-state index contributed by atoms with van der Waals surface area (Å²) in [5.74, 6) is 0.986. The Labute approximate surface area is 119 Å². The molecule has 0 saturated heterocycles. The molecule has 1 N–H and O–H groups in total. The number of hydrogen-bond acceptors (Lipinski definition) is 2. The zero-order valence-electron chi connectivity index (χ0n) is 12.1. The van der Waals surface area contributed by atoms with Crippen LogP contribution in [0.4, 0.5) is 0 Å². The third-order valence-electron chi connectivity index (χ3n) is 3.36. The van der Waals surface area contributed by atoms with Crippen LogP contribution in [0.5, 0.6) is 5.75 Å². The van der Waals surface area contributed by atoms with Gasteiger partial charge in [0.1, 0.15) is 5.75 Å². The van der Waals surface area contributed by atoms with E-state index >= 15 is 0 Å². The minimum atomic E-state index is 0.127. The SMILES string of the molecule is CCCCC(=O)NCc1ccc2cc(OC)ccc2c1. The summed E-state index contributed by atoms with van der Waals surface area (Å²) in [4.78, 5) is 11.6. The van der Waals surface area contributed by atoms with Crippen LogP contribution in [0, 0.1) is 0 Å². The van der Waals surface area contributed by atoms with E-state index in [1.807, 2.05) is 24.3 Å². The lowest BCUT2D eigenvalue weighted by Crippen LogP contribution is -2.22. The number of ether oxygens (including phenoxy) is 1. The lowest BCUT2D eigenvalue weighted by molar-refractivity contribution is -0.121. The number of amides is 1. The highest BCUT2D eigenvalue weighted by Crippen LogP contribution is 2.21. The molecule has 2 rings (SSSR count). The maximum absolute atomic E-state index is 11.6. The van der Waals surface area contributed by atoms with Crippen LogP contribution in [0.15, 0.2) is 36.4 Å². The van der Waals surface area contributed by atoms with Crippen LogP contribution in [0.25, 0.3) is 10.8 Å². The van der Waals surface area contributed by atoms with Gasteiger partial charge in [-0.1, -0.05) is 31.5 Å². The number of methoxy groups -OCH3 is 1. The predicted molar refractivity (Wildman–Crippen MR) is 81.9 cm³/mol. The summed E-state index contributed by atoms with van der Waals surface area (Å²) in [5, 5.41) is 5.26. The number of rotatable bonds is 6. The molecule has 3 heteroatoms. The highest BCUT2D eigenvalue weighted by atomic mass is 16.5. The molecular weight excluding hydrogens is 250 g/mol. The molecule has 0 heterocycles. The lowest BCUT2D eigenvalue weighted by atomic mass is 10.1. The van der Waals surface area contributed by atoms with Crippen molar-refractivity contribution >= 4 is 16.7 Å². The van der Waals surface area contributed by atoms with Crippen molar-refractivity contribution in [2.24, 2.45) is 0 Å². The van der Waals surface area contributed by atoms with Crippen LogP contribution in [0.1, 0.15) is 31.7 Å². The number of unbranched alkanes of at least 4 members (excludes halogenated alkanes) is 1. The lowest BCUT2D eigenvalue weighted by Gasteiger charge is -2.07. The zero-order chi connectivity index (χ0) is 14.4. The Kier molecular flexibility index (Phi) is 4.99. The van der Waals surface area contributed by atoms with Crippen molar-refractivity contribution in [1.82, 2.24) is 5.32 Å². The van der Waals surface area contributed by atoms with E-state index in [-0.39, 0.29) is 5.91 Å². The monoisotopic (exact) mass is 271 g/mol. The largest absolute Gasteiger partial charge is 0.497 e. The third-order valence-corrected chi connectivity index (χ3v) is 3.36. The number of carbonyl (C=O) groups is 1. The van der Waals surface area contributed by atoms with Gasteiger partial charge in [-0.25, -0.2) is 0 Å². The van der Waals surface area contributed by atoms with E-state index in [1.165, 1.54) is 0 Å². The van der Waals surface area contributed by atoms with Crippen molar-refractivity contribution in [3.8, 4) is 5.75 Å². The van der Waals surface area contributed by atoms with Crippen LogP contribution in [-0.2, 0) is 11.3 Å². The number of nitrogens with one attached hydrogen (secondary N) is 1. The Bertz CT molecular complexity index is 593. The molecule has 0 radical (unpaired) electrons. The van der Waals surface area contributed by atoms with Gasteiger partial charge in [0, 0.05) is 13.0 Å². The highest BCUT2D eigenvalue weighted by molar-refractivity contribution is 5.84. The van der Waals surface area contributed by atoms with Gasteiger partial charge in [0.25, 0.3) is 0 Å². The number of fused-ring (bicyclic) bond motifs is 1. The highest BCUT2D eigenvalue weighted by Gasteiger charge is 2.02. The molecule has 0 bridgehead atoms. The second-order valence-corrected chi connectivity index (χ2v) is 4.93. The van der Waals surface area contributed by atoms with E-state index in [2.05, 4.69) is 24.4 Å². The molecule has 2 aromatic carbocycles. The third kappa shape index (κ3) is 3.73. The van der Waals surface area contributed by atoms with Gasteiger partial charge in [0.2, 0.25) is 5.91 Å². The Hall–Kier alpha value is -2.03. The van der Waals surface area contributed by atoms with Crippen molar-refractivity contribution in [2.75, 3.05) is 7.11 Å². The molecule has 20 heavy (non-hydrogen) atoms. The Morgan fingerprint density at radius 3 is 2.65 bits per heavy atom. The summed E-state index contributed by atoms with van der Waals surface area (Å²) in [5.41, 5.74) is 1.12. The standard InChI is InChI=1S/C17H21NO2/c1-3-4-5-17(19)18-12-13-6-7-15-11-16(20-2)9-8-14(15)10-13/h6-11H,3-5,12H2,1-2H3,(H,18,19). The van der Waals surface area contributed by atoms with Gasteiger partial charge in [-0.15, -0.1) is 0 Å². The van der Waals surface area contributed by atoms with Crippen LogP contribution in [-0.4, -0.2) is 13.0 Å². The second-order valence-electron chi connectivity index (χ2n) is 4.93. The summed E-state index contributed by atoms with van der Waals surface area (Å²) < 4.78 is 5.21. The summed E-state index contributed by atoms with van der Waals surface area (Å²) in [7, 11) is 1.67.